The summed E-state index contributed by atoms with van der Waals surface area (Å²) in [7, 11) is 0. The van der Waals surface area contributed by atoms with Gasteiger partial charge in [-0.25, -0.2) is 4.68 Å². The van der Waals surface area contributed by atoms with Crippen LogP contribution in [0.1, 0.15) is 30.7 Å². The predicted octanol–water partition coefficient (Wildman–Crippen LogP) is 2.04. The van der Waals surface area contributed by atoms with Crippen LogP contribution >= 0.6 is 11.8 Å². The molecule has 1 aliphatic heterocycles. The average molecular weight is 317 g/mol. The molecule has 1 atom stereocenters. The molecule has 0 saturated carbocycles. The van der Waals surface area contributed by atoms with Crippen LogP contribution in [-0.4, -0.2) is 37.7 Å². The molecule has 1 saturated heterocycles. The molecule has 6 nitrogen and oxygen atoms in total. The van der Waals surface area contributed by atoms with E-state index in [1.807, 2.05) is 32.0 Å². The lowest BCUT2D eigenvalue weighted by Crippen LogP contribution is -2.30. The van der Waals surface area contributed by atoms with Crippen molar-refractivity contribution in [2.45, 2.75) is 43.4 Å². The highest BCUT2D eigenvalue weighted by molar-refractivity contribution is 8.00. The van der Waals surface area contributed by atoms with Gasteiger partial charge in [-0.2, -0.15) is 5.10 Å². The number of carbonyl (C=O) groups excluding carboxylic acids is 1. The fraction of sp³-hybridized carbons (Fsp3) is 0.467. The monoisotopic (exact) mass is 317 g/mol. The zero-order valence-electron chi connectivity index (χ0n) is 12.7. The number of aromatic nitrogens is 4. The molecule has 0 spiro atoms. The summed E-state index contributed by atoms with van der Waals surface area (Å²) in [6.45, 7) is 4.71. The maximum absolute atomic E-state index is 12.0. The van der Waals surface area contributed by atoms with E-state index in [0.29, 0.717) is 5.82 Å². The summed E-state index contributed by atoms with van der Waals surface area (Å²) < 4.78 is 1.77. The second-order valence-electron chi connectivity index (χ2n) is 5.46. The van der Waals surface area contributed by atoms with E-state index >= 15 is 0 Å². The van der Waals surface area contributed by atoms with Gasteiger partial charge in [-0.1, -0.05) is 18.2 Å². The molecule has 0 radical (unpaired) electrons. The normalized spacial score (nSPS) is 18.8. The molecule has 0 bridgehead atoms. The van der Waals surface area contributed by atoms with Crippen LogP contribution in [0.3, 0.4) is 0 Å². The quantitative estimate of drug-likeness (QED) is 0.938. The third kappa shape index (κ3) is 3.30. The maximum Gasteiger partial charge on any atom is 0.233 e. The van der Waals surface area contributed by atoms with Crippen molar-refractivity contribution in [3.63, 3.8) is 0 Å². The summed E-state index contributed by atoms with van der Waals surface area (Å²) in [5.41, 5.74) is 1.98. The molecule has 3 rings (SSSR count). The lowest BCUT2D eigenvalue weighted by Gasteiger charge is -2.11. The molecule has 22 heavy (non-hydrogen) atoms. The summed E-state index contributed by atoms with van der Waals surface area (Å²) in [4.78, 5) is 12.0. The first-order valence-electron chi connectivity index (χ1n) is 7.45. The fourth-order valence-corrected chi connectivity index (χ4v) is 3.52. The van der Waals surface area contributed by atoms with E-state index in [1.54, 1.807) is 4.68 Å². The number of aryl methyl sites for hydroxylation is 2. The van der Waals surface area contributed by atoms with Crippen molar-refractivity contribution in [1.29, 1.82) is 0 Å². The summed E-state index contributed by atoms with van der Waals surface area (Å²) in [6, 6.07) is 5.80. The minimum atomic E-state index is -0.0728. The van der Waals surface area contributed by atoms with Crippen LogP contribution in [-0.2, 0) is 4.79 Å². The molecule has 1 amide bonds. The lowest BCUT2D eigenvalue weighted by atomic mass is 10.2. The molecule has 1 aliphatic rings. The Kier molecular flexibility index (Phi) is 4.42. The van der Waals surface area contributed by atoms with E-state index < -0.39 is 0 Å². The van der Waals surface area contributed by atoms with E-state index in [2.05, 4.69) is 20.6 Å². The van der Waals surface area contributed by atoms with Gasteiger partial charge in [0.1, 0.15) is 5.03 Å². The van der Waals surface area contributed by atoms with Gasteiger partial charge in [-0.15, -0.1) is 10.2 Å². The maximum atomic E-state index is 12.0. The Hall–Kier alpha value is -1.89. The Morgan fingerprint density at radius 1 is 1.27 bits per heavy atom. The van der Waals surface area contributed by atoms with Crippen molar-refractivity contribution in [3.8, 4) is 5.82 Å². The minimum absolute atomic E-state index is 0.0728. The summed E-state index contributed by atoms with van der Waals surface area (Å²) in [5.74, 6) is 0.798. The second-order valence-corrected chi connectivity index (χ2v) is 6.68. The highest BCUT2D eigenvalue weighted by Gasteiger charge is 2.22. The van der Waals surface area contributed by atoms with Crippen molar-refractivity contribution in [2.24, 2.45) is 0 Å². The predicted molar refractivity (Wildman–Crippen MR) is 85.1 cm³/mol. The summed E-state index contributed by atoms with van der Waals surface area (Å²) in [6.07, 6.45) is 3.00. The minimum Gasteiger partial charge on any atom is -0.355 e. The molecule has 2 aromatic rings. The number of rotatable bonds is 3. The van der Waals surface area contributed by atoms with Crippen LogP contribution in [0.25, 0.3) is 5.82 Å². The molecule has 3 heterocycles. The average Bonchev–Trinajstić information content (AvgIpc) is 2.71. The Morgan fingerprint density at radius 2 is 2.14 bits per heavy atom. The number of amides is 1. The van der Waals surface area contributed by atoms with Crippen LogP contribution in [0.4, 0.5) is 0 Å². The van der Waals surface area contributed by atoms with Gasteiger partial charge in [0.25, 0.3) is 0 Å². The van der Waals surface area contributed by atoms with Crippen LogP contribution in [0.2, 0.25) is 0 Å². The number of thioether (sulfide) groups is 1. The van der Waals surface area contributed by atoms with Gasteiger partial charge in [0.15, 0.2) is 5.82 Å². The molecule has 116 valence electrons. The van der Waals surface area contributed by atoms with Crippen molar-refractivity contribution in [3.05, 3.63) is 29.6 Å². The van der Waals surface area contributed by atoms with E-state index in [9.17, 15) is 4.79 Å². The van der Waals surface area contributed by atoms with Crippen LogP contribution in [0, 0.1) is 13.8 Å². The first kappa shape index (κ1) is 15.0. The Balaban J connectivity index is 1.74. The van der Waals surface area contributed by atoms with Crippen molar-refractivity contribution < 1.29 is 4.79 Å². The topological polar surface area (TPSA) is 72.7 Å². The van der Waals surface area contributed by atoms with E-state index in [-0.39, 0.29) is 11.2 Å². The van der Waals surface area contributed by atoms with Gasteiger partial charge in [0, 0.05) is 12.2 Å². The smallest absolute Gasteiger partial charge is 0.233 e. The molecule has 1 fully saturated rings. The largest absolute Gasteiger partial charge is 0.355 e. The van der Waals surface area contributed by atoms with Crippen LogP contribution in [0.5, 0.6) is 0 Å². The number of carbonyl (C=O) groups is 1. The molecular formula is C15H19N5OS. The lowest BCUT2D eigenvalue weighted by molar-refractivity contribution is -0.120. The van der Waals surface area contributed by atoms with E-state index in [4.69, 9.17) is 0 Å². The standard InChI is InChI=1S/C15H19N5OS/c1-10-9-11(2)20(19-10)13-6-7-14(18-17-13)22-12-5-3-4-8-16-15(12)21/h6-7,9,12H,3-5,8H2,1-2H3,(H,16,21). The highest BCUT2D eigenvalue weighted by atomic mass is 32.2. The van der Waals surface area contributed by atoms with E-state index in [0.717, 1.165) is 42.2 Å². The third-order valence-corrected chi connectivity index (χ3v) is 4.79. The molecular weight excluding hydrogens is 298 g/mol. The second kappa shape index (κ2) is 6.48. The van der Waals surface area contributed by atoms with Crippen molar-refractivity contribution in [1.82, 2.24) is 25.3 Å². The Morgan fingerprint density at radius 3 is 2.82 bits per heavy atom. The Labute approximate surface area is 133 Å². The number of hydrogen-bond donors (Lipinski definition) is 1. The van der Waals surface area contributed by atoms with Crippen LogP contribution < -0.4 is 5.32 Å². The van der Waals surface area contributed by atoms with Gasteiger partial charge in [0.2, 0.25) is 5.91 Å². The number of nitrogens with one attached hydrogen (secondary N) is 1. The summed E-state index contributed by atoms with van der Waals surface area (Å²) in [5, 5.41) is 16.5. The zero-order chi connectivity index (χ0) is 15.5. The fourth-order valence-electron chi connectivity index (χ4n) is 2.52. The first-order valence-corrected chi connectivity index (χ1v) is 8.33. The van der Waals surface area contributed by atoms with Gasteiger partial charge in [-0.05, 0) is 44.9 Å². The number of nitrogens with zero attached hydrogens (tertiary/aromatic N) is 4. The van der Waals surface area contributed by atoms with Gasteiger partial charge in [0.05, 0.1) is 10.9 Å². The molecule has 1 N–H and O–H groups in total. The molecule has 0 aliphatic carbocycles. The van der Waals surface area contributed by atoms with Crippen molar-refractivity contribution >= 4 is 17.7 Å². The highest BCUT2D eigenvalue weighted by Crippen LogP contribution is 2.26. The molecule has 7 heteroatoms. The SMILES string of the molecule is Cc1cc(C)n(-c2ccc(SC3CCCCNC3=O)nn2)n1. The van der Waals surface area contributed by atoms with Gasteiger partial charge >= 0.3 is 0 Å². The molecule has 0 aromatic carbocycles. The number of hydrogen-bond acceptors (Lipinski definition) is 5. The van der Waals surface area contributed by atoms with Gasteiger partial charge in [-0.3, -0.25) is 4.79 Å². The van der Waals surface area contributed by atoms with Gasteiger partial charge < -0.3 is 5.32 Å². The third-order valence-electron chi connectivity index (χ3n) is 3.60. The van der Waals surface area contributed by atoms with Crippen LogP contribution in [0.15, 0.2) is 23.2 Å². The molecule has 2 aromatic heterocycles. The Bertz CT molecular complexity index is 667. The molecule has 1 unspecified atom stereocenters. The zero-order valence-corrected chi connectivity index (χ0v) is 13.6. The summed E-state index contributed by atoms with van der Waals surface area (Å²) >= 11 is 1.48. The first-order chi connectivity index (χ1) is 10.6. The van der Waals surface area contributed by atoms with Crippen molar-refractivity contribution in [2.75, 3.05) is 6.54 Å². The van der Waals surface area contributed by atoms with E-state index in [1.165, 1.54) is 11.8 Å².